The Morgan fingerprint density at radius 3 is 2.95 bits per heavy atom. The van der Waals surface area contributed by atoms with Gasteiger partial charge < -0.3 is 8.83 Å². The monoisotopic (exact) mass is 309 g/mol. The van der Waals surface area contributed by atoms with Gasteiger partial charge in [-0.05, 0) is 24.3 Å². The fraction of sp³-hybridized carbons (Fsp3) is 0.0833. The molecule has 3 heterocycles. The van der Waals surface area contributed by atoms with E-state index in [4.69, 9.17) is 20.4 Å². The van der Waals surface area contributed by atoms with Gasteiger partial charge in [0.25, 0.3) is 5.91 Å². The standard InChI is InChI=1S/C12H8ClN3O3S/c13-9-4-3-7(20-9)6-10-15-16-12(19-10)14-11(17)8-2-1-5-18-8/h1-5H,6H2,(H,14,16,17). The number of hydrogen-bond donors (Lipinski definition) is 1. The Hall–Kier alpha value is -2.12. The molecular weight excluding hydrogens is 302 g/mol. The Bertz CT molecular complexity index is 720. The average molecular weight is 310 g/mol. The molecule has 3 aromatic rings. The van der Waals surface area contributed by atoms with Crippen LogP contribution in [0.25, 0.3) is 0 Å². The van der Waals surface area contributed by atoms with Gasteiger partial charge in [0, 0.05) is 4.88 Å². The number of carbonyl (C=O) groups is 1. The predicted octanol–water partition coefficient (Wildman–Crippen LogP) is 3.22. The first-order chi connectivity index (χ1) is 9.70. The van der Waals surface area contributed by atoms with Crippen molar-refractivity contribution >= 4 is 34.9 Å². The first-order valence-electron chi connectivity index (χ1n) is 5.62. The van der Waals surface area contributed by atoms with E-state index in [9.17, 15) is 4.79 Å². The molecule has 0 radical (unpaired) electrons. The largest absolute Gasteiger partial charge is 0.459 e. The summed E-state index contributed by atoms with van der Waals surface area (Å²) in [6, 6.07) is 6.88. The summed E-state index contributed by atoms with van der Waals surface area (Å²) in [5, 5.41) is 10.1. The highest BCUT2D eigenvalue weighted by atomic mass is 35.5. The van der Waals surface area contributed by atoms with Gasteiger partial charge in [-0.1, -0.05) is 16.7 Å². The maximum atomic E-state index is 11.7. The van der Waals surface area contributed by atoms with Gasteiger partial charge in [0.15, 0.2) is 5.76 Å². The molecule has 0 fully saturated rings. The van der Waals surface area contributed by atoms with Crippen LogP contribution in [0.15, 0.2) is 39.4 Å². The lowest BCUT2D eigenvalue weighted by molar-refractivity contribution is 0.0993. The summed E-state index contributed by atoms with van der Waals surface area (Å²) in [6.45, 7) is 0. The average Bonchev–Trinajstić information content (AvgIpc) is 3.12. The minimum absolute atomic E-state index is 0.0315. The van der Waals surface area contributed by atoms with Crippen LogP contribution in [-0.4, -0.2) is 16.1 Å². The number of carbonyl (C=O) groups excluding carboxylic acids is 1. The van der Waals surface area contributed by atoms with Crippen LogP contribution in [0.4, 0.5) is 6.01 Å². The molecule has 0 saturated carbocycles. The molecule has 1 N–H and O–H groups in total. The van der Waals surface area contributed by atoms with E-state index in [1.165, 1.54) is 17.6 Å². The van der Waals surface area contributed by atoms with E-state index in [2.05, 4.69) is 15.5 Å². The van der Waals surface area contributed by atoms with E-state index in [1.807, 2.05) is 6.07 Å². The Morgan fingerprint density at radius 1 is 1.35 bits per heavy atom. The molecule has 0 aliphatic heterocycles. The summed E-state index contributed by atoms with van der Waals surface area (Å²) in [5.41, 5.74) is 0. The van der Waals surface area contributed by atoms with Crippen molar-refractivity contribution in [2.24, 2.45) is 0 Å². The molecule has 3 aromatic heterocycles. The summed E-state index contributed by atoms with van der Waals surface area (Å²) in [7, 11) is 0. The number of furan rings is 1. The maximum absolute atomic E-state index is 11.7. The summed E-state index contributed by atoms with van der Waals surface area (Å²) < 4.78 is 11.0. The van der Waals surface area contributed by atoms with Crippen LogP contribution in [0, 0.1) is 0 Å². The number of rotatable bonds is 4. The van der Waals surface area contributed by atoms with Crippen molar-refractivity contribution in [2.75, 3.05) is 5.32 Å². The molecule has 1 amide bonds. The van der Waals surface area contributed by atoms with Crippen LogP contribution in [0.1, 0.15) is 21.3 Å². The van der Waals surface area contributed by atoms with Crippen LogP contribution in [0.2, 0.25) is 4.34 Å². The maximum Gasteiger partial charge on any atom is 0.322 e. The highest BCUT2D eigenvalue weighted by Gasteiger charge is 2.14. The number of aromatic nitrogens is 2. The molecule has 0 atom stereocenters. The van der Waals surface area contributed by atoms with Crippen molar-refractivity contribution in [3.05, 3.63) is 51.4 Å². The number of nitrogens with zero attached hydrogens (tertiary/aromatic N) is 2. The zero-order valence-corrected chi connectivity index (χ0v) is 11.6. The van der Waals surface area contributed by atoms with E-state index < -0.39 is 5.91 Å². The Kier molecular flexibility index (Phi) is 3.53. The van der Waals surface area contributed by atoms with Crippen LogP contribution in [0.5, 0.6) is 0 Å². The smallest absolute Gasteiger partial charge is 0.322 e. The molecule has 0 aliphatic rings. The number of thiophene rings is 1. The van der Waals surface area contributed by atoms with Crippen molar-refractivity contribution in [1.82, 2.24) is 10.2 Å². The zero-order chi connectivity index (χ0) is 13.9. The lowest BCUT2D eigenvalue weighted by Crippen LogP contribution is -2.10. The second kappa shape index (κ2) is 5.48. The van der Waals surface area contributed by atoms with Gasteiger partial charge in [-0.3, -0.25) is 10.1 Å². The van der Waals surface area contributed by atoms with Gasteiger partial charge in [-0.2, -0.15) is 0 Å². The topological polar surface area (TPSA) is 81.2 Å². The van der Waals surface area contributed by atoms with Gasteiger partial charge in [0.05, 0.1) is 17.0 Å². The first-order valence-corrected chi connectivity index (χ1v) is 6.81. The van der Waals surface area contributed by atoms with Crippen molar-refractivity contribution < 1.29 is 13.6 Å². The Morgan fingerprint density at radius 2 is 2.25 bits per heavy atom. The van der Waals surface area contributed by atoms with Gasteiger partial charge in [0.1, 0.15) is 0 Å². The molecular formula is C12H8ClN3O3S. The quantitative estimate of drug-likeness (QED) is 0.800. The molecule has 0 unspecified atom stereocenters. The van der Waals surface area contributed by atoms with E-state index in [0.29, 0.717) is 16.6 Å². The number of halogens is 1. The lowest BCUT2D eigenvalue weighted by Gasteiger charge is -1.95. The SMILES string of the molecule is O=C(Nc1nnc(Cc2ccc(Cl)s2)o1)c1ccco1. The van der Waals surface area contributed by atoms with Crippen molar-refractivity contribution in [3.63, 3.8) is 0 Å². The summed E-state index contributed by atoms with van der Waals surface area (Å²) >= 11 is 7.28. The molecule has 3 rings (SSSR count). The zero-order valence-electron chi connectivity index (χ0n) is 10.00. The van der Waals surface area contributed by atoms with Crippen LogP contribution in [-0.2, 0) is 6.42 Å². The molecule has 8 heteroatoms. The molecule has 0 spiro atoms. The van der Waals surface area contributed by atoms with Crippen LogP contribution < -0.4 is 5.32 Å². The second-order valence-electron chi connectivity index (χ2n) is 3.81. The molecule has 0 aromatic carbocycles. The molecule has 6 nitrogen and oxygen atoms in total. The Labute approximate surface area is 122 Å². The van der Waals surface area contributed by atoms with Gasteiger partial charge >= 0.3 is 6.01 Å². The van der Waals surface area contributed by atoms with E-state index in [0.717, 1.165) is 4.88 Å². The number of nitrogens with one attached hydrogen (secondary N) is 1. The summed E-state index contributed by atoms with van der Waals surface area (Å²) in [5.74, 6) is 0.136. The predicted molar refractivity (Wildman–Crippen MR) is 73.1 cm³/mol. The third-order valence-electron chi connectivity index (χ3n) is 2.39. The van der Waals surface area contributed by atoms with Crippen LogP contribution >= 0.6 is 22.9 Å². The minimum atomic E-state index is -0.440. The second-order valence-corrected chi connectivity index (χ2v) is 5.61. The van der Waals surface area contributed by atoms with E-state index in [1.54, 1.807) is 18.2 Å². The van der Waals surface area contributed by atoms with Gasteiger partial charge in [-0.25, -0.2) is 0 Å². The normalized spacial score (nSPS) is 10.7. The first kappa shape index (κ1) is 12.9. The van der Waals surface area contributed by atoms with Crippen molar-refractivity contribution in [2.45, 2.75) is 6.42 Å². The highest BCUT2D eigenvalue weighted by Crippen LogP contribution is 2.23. The number of amides is 1. The minimum Gasteiger partial charge on any atom is -0.459 e. The third kappa shape index (κ3) is 2.89. The molecule has 0 bridgehead atoms. The highest BCUT2D eigenvalue weighted by molar-refractivity contribution is 7.16. The molecule has 0 saturated heterocycles. The fourth-order valence-electron chi connectivity index (χ4n) is 1.54. The lowest BCUT2D eigenvalue weighted by atomic mass is 10.3. The fourth-order valence-corrected chi connectivity index (χ4v) is 2.62. The Balaban J connectivity index is 1.66. The van der Waals surface area contributed by atoms with Crippen molar-refractivity contribution in [1.29, 1.82) is 0 Å². The number of anilines is 1. The number of hydrogen-bond acceptors (Lipinski definition) is 6. The molecule has 20 heavy (non-hydrogen) atoms. The summed E-state index contributed by atoms with van der Waals surface area (Å²) in [6.07, 6.45) is 1.88. The molecule has 102 valence electrons. The van der Waals surface area contributed by atoms with Gasteiger partial charge in [0.2, 0.25) is 5.89 Å². The van der Waals surface area contributed by atoms with Crippen LogP contribution in [0.3, 0.4) is 0 Å². The summed E-state index contributed by atoms with van der Waals surface area (Å²) in [4.78, 5) is 12.7. The van der Waals surface area contributed by atoms with Gasteiger partial charge in [-0.15, -0.1) is 16.4 Å². The van der Waals surface area contributed by atoms with E-state index >= 15 is 0 Å². The van der Waals surface area contributed by atoms with Crippen molar-refractivity contribution in [3.8, 4) is 0 Å². The molecule has 0 aliphatic carbocycles. The van der Waals surface area contributed by atoms with E-state index in [-0.39, 0.29) is 11.8 Å². The third-order valence-corrected chi connectivity index (χ3v) is 3.62.